The third-order valence-electron chi connectivity index (χ3n) is 5.03. The number of carbonyl (C=O) groups excluding carboxylic acids is 1. The Morgan fingerprint density at radius 3 is 2.92 bits per heavy atom. The van der Waals surface area contributed by atoms with Crippen LogP contribution in [0.1, 0.15) is 41.4 Å². The van der Waals surface area contributed by atoms with Crippen LogP contribution in [0.15, 0.2) is 23.0 Å². The quantitative estimate of drug-likeness (QED) is 0.838. The van der Waals surface area contributed by atoms with E-state index in [9.17, 15) is 9.59 Å². The van der Waals surface area contributed by atoms with Crippen LogP contribution in [0, 0.1) is 12.8 Å². The number of H-pyrrole nitrogens is 1. The Labute approximate surface area is 141 Å². The van der Waals surface area contributed by atoms with Gasteiger partial charge in [-0.05, 0) is 38.0 Å². The fourth-order valence-corrected chi connectivity index (χ4v) is 3.72. The Hall–Kier alpha value is -2.14. The Morgan fingerprint density at radius 1 is 1.42 bits per heavy atom. The Balaban J connectivity index is 2.01. The molecule has 1 aliphatic rings. The third-order valence-corrected chi connectivity index (χ3v) is 5.03. The summed E-state index contributed by atoms with van der Waals surface area (Å²) in [6, 6.07) is 5.09. The molecule has 0 amide bonds. The van der Waals surface area contributed by atoms with Gasteiger partial charge in [0, 0.05) is 22.5 Å². The first-order valence-electron chi connectivity index (χ1n) is 8.57. The van der Waals surface area contributed by atoms with Gasteiger partial charge in [-0.1, -0.05) is 6.92 Å². The van der Waals surface area contributed by atoms with Gasteiger partial charge in [-0.25, -0.2) is 4.79 Å². The number of methoxy groups -OCH3 is 1. The van der Waals surface area contributed by atoms with Crippen molar-refractivity contribution < 1.29 is 14.4 Å². The summed E-state index contributed by atoms with van der Waals surface area (Å²) in [5, 5.41) is 0.558. The number of piperidine rings is 1. The number of carbonyl (C=O) groups is 1. The van der Waals surface area contributed by atoms with E-state index in [1.165, 1.54) is 24.9 Å². The summed E-state index contributed by atoms with van der Waals surface area (Å²) >= 11 is 0. The van der Waals surface area contributed by atoms with Crippen molar-refractivity contribution in [2.75, 3.05) is 20.2 Å². The van der Waals surface area contributed by atoms with Crippen LogP contribution in [0.5, 0.6) is 0 Å². The molecule has 1 aromatic carbocycles. The zero-order valence-corrected chi connectivity index (χ0v) is 14.6. The molecule has 5 heteroatoms. The van der Waals surface area contributed by atoms with Crippen LogP contribution in [0.4, 0.5) is 0 Å². The van der Waals surface area contributed by atoms with Gasteiger partial charge in [0.1, 0.15) is 6.54 Å². The number of ether oxygens (including phenoxy) is 1. The van der Waals surface area contributed by atoms with Crippen molar-refractivity contribution in [3.05, 3.63) is 45.2 Å². The number of rotatable bonds is 3. The average Bonchev–Trinajstić information content (AvgIpc) is 2.58. The van der Waals surface area contributed by atoms with Crippen molar-refractivity contribution >= 4 is 16.9 Å². The minimum Gasteiger partial charge on any atom is -0.465 e. The highest BCUT2D eigenvalue weighted by Gasteiger charge is 2.22. The van der Waals surface area contributed by atoms with Crippen LogP contribution in [0.2, 0.25) is 0 Å². The van der Waals surface area contributed by atoms with Gasteiger partial charge in [0.25, 0.3) is 0 Å². The summed E-state index contributed by atoms with van der Waals surface area (Å²) in [6.07, 6.45) is 2.49. The van der Waals surface area contributed by atoms with E-state index in [2.05, 4.69) is 11.9 Å². The van der Waals surface area contributed by atoms with Gasteiger partial charge in [0.15, 0.2) is 5.43 Å². The van der Waals surface area contributed by atoms with E-state index in [1.807, 2.05) is 6.92 Å². The van der Waals surface area contributed by atoms with E-state index in [0.717, 1.165) is 36.4 Å². The van der Waals surface area contributed by atoms with Gasteiger partial charge < -0.3 is 14.6 Å². The van der Waals surface area contributed by atoms with E-state index >= 15 is 0 Å². The summed E-state index contributed by atoms with van der Waals surface area (Å²) in [6.45, 7) is 7.20. The molecule has 0 spiro atoms. The fraction of sp³-hybridized carbons (Fsp3) is 0.474. The van der Waals surface area contributed by atoms with Crippen molar-refractivity contribution in [1.82, 2.24) is 4.98 Å². The highest BCUT2D eigenvalue weighted by atomic mass is 16.5. The lowest BCUT2D eigenvalue weighted by atomic mass is 9.99. The maximum absolute atomic E-state index is 13.0. The largest absolute Gasteiger partial charge is 0.465 e. The number of aryl methyl sites for hydroxylation is 1. The van der Waals surface area contributed by atoms with E-state index in [0.29, 0.717) is 16.9 Å². The lowest BCUT2D eigenvalue weighted by Gasteiger charge is -2.28. The summed E-state index contributed by atoms with van der Waals surface area (Å²) in [4.78, 5) is 29.5. The van der Waals surface area contributed by atoms with Crippen LogP contribution in [-0.2, 0) is 11.3 Å². The van der Waals surface area contributed by atoms with E-state index in [-0.39, 0.29) is 5.43 Å². The summed E-state index contributed by atoms with van der Waals surface area (Å²) in [5.41, 5.74) is 2.94. The van der Waals surface area contributed by atoms with Crippen molar-refractivity contribution in [1.29, 1.82) is 0 Å². The predicted molar refractivity (Wildman–Crippen MR) is 93.4 cm³/mol. The van der Waals surface area contributed by atoms with Gasteiger partial charge in [-0.3, -0.25) is 4.79 Å². The lowest BCUT2D eigenvalue weighted by molar-refractivity contribution is -0.922. The lowest BCUT2D eigenvalue weighted by Crippen LogP contribution is -3.12. The molecule has 0 radical (unpaired) electrons. The van der Waals surface area contributed by atoms with Gasteiger partial charge in [0.05, 0.1) is 31.3 Å². The summed E-state index contributed by atoms with van der Waals surface area (Å²) < 4.78 is 4.76. The zero-order chi connectivity index (χ0) is 17.3. The second kappa shape index (κ2) is 6.77. The first kappa shape index (κ1) is 16.7. The standard InChI is InChI=1S/C19H24N2O3/c1-12-5-4-8-21(10-12)11-16-13(2)20-17-7-6-14(19(23)24-3)9-15(17)18(16)22/h6-7,9,12H,4-5,8,10-11H2,1-3H3,(H,20,22)/p+1/t12-/m1/s1. The summed E-state index contributed by atoms with van der Waals surface area (Å²) in [5.74, 6) is 0.286. The molecule has 1 fully saturated rings. The summed E-state index contributed by atoms with van der Waals surface area (Å²) in [7, 11) is 1.35. The Bertz CT molecular complexity index is 825. The molecular weight excluding hydrogens is 304 g/mol. The number of quaternary nitrogens is 1. The number of pyridine rings is 1. The van der Waals surface area contributed by atoms with Crippen molar-refractivity contribution in [3.8, 4) is 0 Å². The van der Waals surface area contributed by atoms with Crippen LogP contribution in [0.3, 0.4) is 0 Å². The molecule has 2 atom stereocenters. The highest BCUT2D eigenvalue weighted by molar-refractivity contribution is 5.94. The topological polar surface area (TPSA) is 63.6 Å². The van der Waals surface area contributed by atoms with Crippen LogP contribution in [-0.4, -0.2) is 31.2 Å². The maximum atomic E-state index is 13.0. The Morgan fingerprint density at radius 2 is 2.21 bits per heavy atom. The number of fused-ring (bicyclic) bond motifs is 1. The number of benzene rings is 1. The molecule has 3 rings (SSSR count). The molecule has 2 aromatic rings. The molecule has 1 unspecified atom stereocenters. The van der Waals surface area contributed by atoms with Crippen molar-refractivity contribution in [2.45, 2.75) is 33.2 Å². The maximum Gasteiger partial charge on any atom is 0.337 e. The molecule has 0 saturated carbocycles. The van der Waals surface area contributed by atoms with Gasteiger partial charge in [-0.15, -0.1) is 0 Å². The molecule has 1 aliphatic heterocycles. The molecule has 1 aromatic heterocycles. The smallest absolute Gasteiger partial charge is 0.337 e. The van der Waals surface area contributed by atoms with Crippen LogP contribution in [0.25, 0.3) is 10.9 Å². The second-order valence-corrected chi connectivity index (χ2v) is 6.94. The van der Waals surface area contributed by atoms with E-state index in [4.69, 9.17) is 4.74 Å². The number of esters is 1. The molecule has 5 nitrogen and oxygen atoms in total. The van der Waals surface area contributed by atoms with Crippen molar-refractivity contribution in [2.24, 2.45) is 5.92 Å². The minimum absolute atomic E-state index is 0.0257. The first-order chi connectivity index (χ1) is 11.5. The molecule has 0 aliphatic carbocycles. The molecule has 1 saturated heterocycles. The monoisotopic (exact) mass is 329 g/mol. The second-order valence-electron chi connectivity index (χ2n) is 6.94. The number of likely N-dealkylation sites (tertiary alicyclic amines) is 1. The number of aromatic nitrogens is 1. The molecule has 2 N–H and O–H groups in total. The number of hydrogen-bond acceptors (Lipinski definition) is 3. The van der Waals surface area contributed by atoms with Crippen LogP contribution >= 0.6 is 0 Å². The number of aromatic amines is 1. The molecule has 24 heavy (non-hydrogen) atoms. The van der Waals surface area contributed by atoms with Gasteiger partial charge in [0.2, 0.25) is 0 Å². The van der Waals surface area contributed by atoms with Gasteiger partial charge >= 0.3 is 5.97 Å². The number of hydrogen-bond donors (Lipinski definition) is 2. The average molecular weight is 329 g/mol. The highest BCUT2D eigenvalue weighted by Crippen LogP contribution is 2.14. The SMILES string of the molecule is COC(=O)c1ccc2[nH]c(C)c(C[NH+]3CCC[C@@H](C)C3)c(=O)c2c1. The van der Waals surface area contributed by atoms with E-state index < -0.39 is 5.97 Å². The van der Waals surface area contributed by atoms with Gasteiger partial charge in [-0.2, -0.15) is 0 Å². The fourth-order valence-electron chi connectivity index (χ4n) is 3.72. The predicted octanol–water partition coefficient (Wildman–Crippen LogP) is 1.44. The first-order valence-corrected chi connectivity index (χ1v) is 8.57. The molecular formula is C19H25N2O3+. The normalized spacial score (nSPS) is 21.0. The third kappa shape index (κ3) is 3.22. The minimum atomic E-state index is -0.422. The molecule has 2 heterocycles. The molecule has 128 valence electrons. The zero-order valence-electron chi connectivity index (χ0n) is 14.6. The van der Waals surface area contributed by atoms with E-state index in [1.54, 1.807) is 18.2 Å². The molecule has 0 bridgehead atoms. The van der Waals surface area contributed by atoms with Crippen molar-refractivity contribution in [3.63, 3.8) is 0 Å². The number of nitrogens with one attached hydrogen (secondary N) is 2. The Kier molecular flexibility index (Phi) is 4.71. The van der Waals surface area contributed by atoms with Crippen LogP contribution < -0.4 is 10.3 Å².